The summed E-state index contributed by atoms with van der Waals surface area (Å²) in [7, 11) is 0. The van der Waals surface area contributed by atoms with Crippen LogP contribution in [-0.4, -0.2) is 17.9 Å². The molecule has 0 aliphatic rings. The average molecular weight is 128 g/mol. The third-order valence-corrected chi connectivity index (χ3v) is 0.833. The zero-order valence-corrected chi connectivity index (χ0v) is 4.37. The van der Waals surface area contributed by atoms with Crippen LogP contribution in [0.1, 0.15) is 6.92 Å². The Kier molecular flexibility index (Phi) is 2.27. The van der Waals surface area contributed by atoms with Crippen LogP contribution < -0.4 is 0 Å². The second kappa shape index (κ2) is 2.35. The van der Waals surface area contributed by atoms with E-state index < -0.39 is 18.7 Å². The van der Waals surface area contributed by atoms with Crippen molar-refractivity contribution >= 4 is 0 Å². The monoisotopic (exact) mass is 128 g/mol. The second-order valence-electron chi connectivity index (χ2n) is 1.63. The molecule has 8 heavy (non-hydrogen) atoms. The van der Waals surface area contributed by atoms with E-state index in [0.717, 1.165) is 6.92 Å². The number of halogens is 3. The minimum absolute atomic E-state index is 0.830. The van der Waals surface area contributed by atoms with Gasteiger partial charge < -0.3 is 5.11 Å². The SMILES string of the molecule is C[C@H](CO)C(F)(F)F. The summed E-state index contributed by atoms with van der Waals surface area (Å²) in [6, 6.07) is 0. The Morgan fingerprint density at radius 1 is 1.50 bits per heavy atom. The molecule has 0 fully saturated rings. The van der Waals surface area contributed by atoms with E-state index in [1.165, 1.54) is 0 Å². The van der Waals surface area contributed by atoms with Gasteiger partial charge in [0.05, 0.1) is 12.5 Å². The van der Waals surface area contributed by atoms with Crippen molar-refractivity contribution in [3.63, 3.8) is 0 Å². The van der Waals surface area contributed by atoms with Crippen LogP contribution in [0.4, 0.5) is 13.2 Å². The van der Waals surface area contributed by atoms with Crippen molar-refractivity contribution < 1.29 is 18.3 Å². The molecule has 0 saturated heterocycles. The lowest BCUT2D eigenvalue weighted by molar-refractivity contribution is -0.178. The fourth-order valence-electron chi connectivity index (χ4n) is 0.104. The van der Waals surface area contributed by atoms with Gasteiger partial charge in [0, 0.05) is 0 Å². The molecule has 0 rings (SSSR count). The number of alkyl halides is 3. The molecule has 0 aromatic carbocycles. The van der Waals surface area contributed by atoms with Crippen molar-refractivity contribution in [1.29, 1.82) is 0 Å². The quantitative estimate of drug-likeness (QED) is 0.562. The molecule has 0 aliphatic carbocycles. The maximum absolute atomic E-state index is 11.3. The summed E-state index contributed by atoms with van der Waals surface area (Å²) in [6.45, 7) is 0.101. The molecule has 1 N–H and O–H groups in total. The first-order chi connectivity index (χ1) is 3.48. The maximum atomic E-state index is 11.3. The predicted octanol–water partition coefficient (Wildman–Crippen LogP) is 1.18. The first kappa shape index (κ1) is 7.75. The molecule has 0 unspecified atom stereocenters. The molecule has 50 valence electrons. The Balaban J connectivity index is 3.62. The molecular weight excluding hydrogens is 121 g/mol. The summed E-state index contributed by atoms with van der Waals surface area (Å²) in [5.74, 6) is -1.59. The van der Waals surface area contributed by atoms with E-state index in [1.807, 2.05) is 0 Å². The Bertz CT molecular complexity index is 68.2. The van der Waals surface area contributed by atoms with Crippen LogP contribution in [0.5, 0.6) is 0 Å². The molecule has 0 aliphatic heterocycles. The number of aliphatic hydroxyl groups is 1. The summed E-state index contributed by atoms with van der Waals surface area (Å²) in [6.07, 6.45) is -4.24. The van der Waals surface area contributed by atoms with Gasteiger partial charge in [0.1, 0.15) is 0 Å². The second-order valence-corrected chi connectivity index (χ2v) is 1.63. The highest BCUT2D eigenvalue weighted by Gasteiger charge is 2.34. The lowest BCUT2D eigenvalue weighted by Crippen LogP contribution is -2.22. The third kappa shape index (κ3) is 2.16. The Hall–Kier alpha value is -0.250. The van der Waals surface area contributed by atoms with Gasteiger partial charge in [-0.3, -0.25) is 0 Å². The maximum Gasteiger partial charge on any atom is 0.393 e. The highest BCUT2D eigenvalue weighted by Crippen LogP contribution is 2.24. The van der Waals surface area contributed by atoms with Crippen LogP contribution in [0, 0.1) is 5.92 Å². The molecular formula is C4H7F3O. The molecule has 1 nitrogen and oxygen atoms in total. The van der Waals surface area contributed by atoms with Crippen LogP contribution in [0.3, 0.4) is 0 Å². The number of hydrogen-bond donors (Lipinski definition) is 1. The van der Waals surface area contributed by atoms with Gasteiger partial charge >= 0.3 is 6.18 Å². The molecule has 0 saturated carbocycles. The van der Waals surface area contributed by atoms with Crippen molar-refractivity contribution in [2.24, 2.45) is 5.92 Å². The Morgan fingerprint density at radius 2 is 1.88 bits per heavy atom. The van der Waals surface area contributed by atoms with Gasteiger partial charge in [0.15, 0.2) is 0 Å². The third-order valence-electron chi connectivity index (χ3n) is 0.833. The lowest BCUT2D eigenvalue weighted by Gasteiger charge is -2.10. The van der Waals surface area contributed by atoms with Gasteiger partial charge in [0.2, 0.25) is 0 Å². The van der Waals surface area contributed by atoms with Gasteiger partial charge in [-0.05, 0) is 0 Å². The zero-order chi connectivity index (χ0) is 6.78. The number of aliphatic hydroxyl groups excluding tert-OH is 1. The summed E-state index contributed by atoms with van der Waals surface area (Å²) in [5, 5.41) is 7.95. The van der Waals surface area contributed by atoms with E-state index in [-0.39, 0.29) is 0 Å². The smallest absolute Gasteiger partial charge is 0.393 e. The van der Waals surface area contributed by atoms with E-state index in [2.05, 4.69) is 0 Å². The fraction of sp³-hybridized carbons (Fsp3) is 1.00. The zero-order valence-electron chi connectivity index (χ0n) is 4.37. The molecule has 0 heterocycles. The van der Waals surface area contributed by atoms with Crippen LogP contribution >= 0.6 is 0 Å². The van der Waals surface area contributed by atoms with Crippen LogP contribution in [0.25, 0.3) is 0 Å². The Morgan fingerprint density at radius 3 is 1.88 bits per heavy atom. The predicted molar refractivity (Wildman–Crippen MR) is 22.3 cm³/mol. The topological polar surface area (TPSA) is 20.2 Å². The summed E-state index contributed by atoms with van der Waals surface area (Å²) in [5.41, 5.74) is 0. The summed E-state index contributed by atoms with van der Waals surface area (Å²) >= 11 is 0. The Labute approximate surface area is 45.1 Å². The van der Waals surface area contributed by atoms with Gasteiger partial charge in [-0.2, -0.15) is 13.2 Å². The van der Waals surface area contributed by atoms with Gasteiger partial charge in [-0.15, -0.1) is 0 Å². The molecule has 0 amide bonds. The van der Waals surface area contributed by atoms with Crippen LogP contribution in [-0.2, 0) is 0 Å². The van der Waals surface area contributed by atoms with E-state index in [1.54, 1.807) is 0 Å². The van der Waals surface area contributed by atoms with Gasteiger partial charge in [-0.1, -0.05) is 6.92 Å². The summed E-state index contributed by atoms with van der Waals surface area (Å²) in [4.78, 5) is 0. The van der Waals surface area contributed by atoms with E-state index in [4.69, 9.17) is 5.11 Å². The molecule has 0 aromatic rings. The van der Waals surface area contributed by atoms with E-state index in [0.29, 0.717) is 0 Å². The minimum atomic E-state index is -4.24. The minimum Gasteiger partial charge on any atom is -0.396 e. The first-order valence-corrected chi connectivity index (χ1v) is 2.16. The van der Waals surface area contributed by atoms with Crippen molar-refractivity contribution in [1.82, 2.24) is 0 Å². The number of rotatable bonds is 1. The van der Waals surface area contributed by atoms with Crippen molar-refractivity contribution in [3.05, 3.63) is 0 Å². The van der Waals surface area contributed by atoms with Gasteiger partial charge in [0.25, 0.3) is 0 Å². The highest BCUT2D eigenvalue weighted by atomic mass is 19.4. The lowest BCUT2D eigenvalue weighted by atomic mass is 10.2. The standard InChI is InChI=1S/C4H7F3O/c1-3(2-8)4(5,6)7/h3,8H,2H2,1H3/t3-/m1/s1. The van der Waals surface area contributed by atoms with Gasteiger partial charge in [-0.25, -0.2) is 0 Å². The average Bonchev–Trinajstić information content (AvgIpc) is 1.62. The van der Waals surface area contributed by atoms with Crippen molar-refractivity contribution in [2.45, 2.75) is 13.1 Å². The van der Waals surface area contributed by atoms with Crippen molar-refractivity contribution in [2.75, 3.05) is 6.61 Å². The molecule has 0 spiro atoms. The largest absolute Gasteiger partial charge is 0.396 e. The molecule has 4 heteroatoms. The van der Waals surface area contributed by atoms with Crippen LogP contribution in [0.2, 0.25) is 0 Å². The molecule has 0 bridgehead atoms. The van der Waals surface area contributed by atoms with E-state index in [9.17, 15) is 13.2 Å². The molecule has 0 aromatic heterocycles. The van der Waals surface area contributed by atoms with Crippen LogP contribution in [0.15, 0.2) is 0 Å². The van der Waals surface area contributed by atoms with Crippen molar-refractivity contribution in [3.8, 4) is 0 Å². The summed E-state index contributed by atoms with van der Waals surface area (Å²) < 4.78 is 33.9. The molecule has 0 radical (unpaired) electrons. The van der Waals surface area contributed by atoms with E-state index >= 15 is 0 Å². The number of hydrogen-bond acceptors (Lipinski definition) is 1. The first-order valence-electron chi connectivity index (χ1n) is 2.16. The molecule has 1 atom stereocenters. The normalized spacial score (nSPS) is 16.1. The highest BCUT2D eigenvalue weighted by molar-refractivity contribution is 4.58. The fourth-order valence-corrected chi connectivity index (χ4v) is 0.104.